The summed E-state index contributed by atoms with van der Waals surface area (Å²) in [5, 5.41) is 13.8. The summed E-state index contributed by atoms with van der Waals surface area (Å²) in [6.45, 7) is 0.891. The number of likely N-dealkylation sites (tertiary alicyclic amines) is 1. The third-order valence-electron chi connectivity index (χ3n) is 6.02. The second-order valence-electron chi connectivity index (χ2n) is 8.40. The van der Waals surface area contributed by atoms with Crippen molar-refractivity contribution < 1.29 is 18.0 Å². The highest BCUT2D eigenvalue weighted by Crippen LogP contribution is 2.36. The Balaban J connectivity index is 1.31. The van der Waals surface area contributed by atoms with Crippen molar-refractivity contribution in [3.63, 3.8) is 0 Å². The van der Waals surface area contributed by atoms with Gasteiger partial charge in [0.2, 0.25) is 11.7 Å². The predicted octanol–water partition coefficient (Wildman–Crippen LogP) is 5.98. The number of nitrogens with two attached hydrogens (primary N) is 1. The fraction of sp³-hybridized carbons (Fsp3) is 0.240. The van der Waals surface area contributed by atoms with Gasteiger partial charge < -0.3 is 19.9 Å². The fourth-order valence-electron chi connectivity index (χ4n) is 4.26. The van der Waals surface area contributed by atoms with E-state index < -0.39 is 3.93 Å². The van der Waals surface area contributed by atoms with Crippen LogP contribution in [0.4, 0.5) is 8.78 Å². The summed E-state index contributed by atoms with van der Waals surface area (Å²) in [5.74, 6) is 1.58. The van der Waals surface area contributed by atoms with Gasteiger partial charge in [-0.05, 0) is 53.4 Å². The molecule has 0 bridgehead atoms. The summed E-state index contributed by atoms with van der Waals surface area (Å²) in [6.07, 6.45) is 1.73. The lowest BCUT2D eigenvalue weighted by Crippen LogP contribution is -2.35. The van der Waals surface area contributed by atoms with Crippen molar-refractivity contribution >= 4 is 39.3 Å². The summed E-state index contributed by atoms with van der Waals surface area (Å²) < 4.78 is 35.6. The fourth-order valence-corrected chi connectivity index (χ4v) is 4.59. The van der Waals surface area contributed by atoms with Gasteiger partial charge >= 0.3 is 3.93 Å². The molecule has 1 aliphatic rings. The van der Waals surface area contributed by atoms with Crippen molar-refractivity contribution in [2.45, 2.75) is 29.4 Å². The molecule has 4 aromatic rings. The maximum absolute atomic E-state index is 13.6. The van der Waals surface area contributed by atoms with Crippen LogP contribution in [0.3, 0.4) is 0 Å². The van der Waals surface area contributed by atoms with Crippen LogP contribution in [0.1, 0.15) is 35.9 Å². The first-order valence-electron chi connectivity index (χ1n) is 11.1. The van der Waals surface area contributed by atoms with Crippen molar-refractivity contribution in [1.29, 1.82) is 5.41 Å². The zero-order valence-electron chi connectivity index (χ0n) is 18.5. The molecule has 1 aliphatic heterocycles. The topological polar surface area (TPSA) is 101 Å². The lowest BCUT2D eigenvalue weighted by Gasteiger charge is -2.21. The molecule has 0 unspecified atom stereocenters. The number of ether oxygens (including phenoxy) is 1. The van der Waals surface area contributed by atoms with Crippen LogP contribution in [0.15, 0.2) is 65.2 Å². The largest absolute Gasteiger partial charge is 0.489 e. The molecule has 7 nitrogen and oxygen atoms in total. The number of alkyl halides is 3. The lowest BCUT2D eigenvalue weighted by molar-refractivity contribution is 0.127. The van der Waals surface area contributed by atoms with Crippen molar-refractivity contribution in [3.8, 4) is 17.1 Å². The van der Waals surface area contributed by atoms with Crippen molar-refractivity contribution in [2.75, 3.05) is 6.54 Å². The van der Waals surface area contributed by atoms with Crippen LogP contribution in [0, 0.1) is 5.41 Å². The highest BCUT2D eigenvalue weighted by molar-refractivity contribution is 14.1. The van der Waals surface area contributed by atoms with E-state index in [-0.39, 0.29) is 24.2 Å². The molecule has 35 heavy (non-hydrogen) atoms. The van der Waals surface area contributed by atoms with E-state index in [4.69, 9.17) is 20.4 Å². The Kier molecular flexibility index (Phi) is 6.30. The number of guanidine groups is 1. The Labute approximate surface area is 213 Å². The summed E-state index contributed by atoms with van der Waals surface area (Å²) >= 11 is 1.13. The van der Waals surface area contributed by atoms with Crippen LogP contribution in [-0.4, -0.2) is 27.5 Å². The zero-order chi connectivity index (χ0) is 24.6. The molecule has 0 amide bonds. The molecule has 0 saturated carbocycles. The number of halogens is 3. The van der Waals surface area contributed by atoms with Crippen LogP contribution >= 0.6 is 22.6 Å². The lowest BCUT2D eigenvalue weighted by atomic mass is 10.1. The van der Waals surface area contributed by atoms with E-state index >= 15 is 0 Å². The van der Waals surface area contributed by atoms with Crippen LogP contribution in [0.25, 0.3) is 22.2 Å². The van der Waals surface area contributed by atoms with Crippen molar-refractivity contribution in [1.82, 2.24) is 15.0 Å². The second-order valence-corrected chi connectivity index (χ2v) is 9.76. The molecule has 0 aliphatic carbocycles. The summed E-state index contributed by atoms with van der Waals surface area (Å²) in [4.78, 5) is 6.32. The number of fused-ring (bicyclic) bond motifs is 1. The van der Waals surface area contributed by atoms with Gasteiger partial charge in [0.25, 0.3) is 0 Å². The van der Waals surface area contributed by atoms with E-state index in [2.05, 4.69) is 10.1 Å². The molecule has 0 radical (unpaired) electrons. The highest BCUT2D eigenvalue weighted by Gasteiger charge is 2.31. The summed E-state index contributed by atoms with van der Waals surface area (Å²) in [7, 11) is 0. The van der Waals surface area contributed by atoms with E-state index in [1.165, 1.54) is 12.1 Å². The number of nitrogens with zero attached hydrogens (tertiary/aromatic N) is 3. The molecular weight excluding hydrogens is 567 g/mol. The van der Waals surface area contributed by atoms with E-state index in [1.807, 2.05) is 36.4 Å². The molecule has 10 heteroatoms. The van der Waals surface area contributed by atoms with Gasteiger partial charge in [-0.2, -0.15) is 13.8 Å². The minimum Gasteiger partial charge on any atom is -0.489 e. The van der Waals surface area contributed by atoms with Gasteiger partial charge in [0.1, 0.15) is 18.4 Å². The van der Waals surface area contributed by atoms with E-state index in [0.717, 1.165) is 51.8 Å². The first-order chi connectivity index (χ1) is 16.8. The van der Waals surface area contributed by atoms with Gasteiger partial charge in [-0.3, -0.25) is 5.41 Å². The molecule has 180 valence electrons. The van der Waals surface area contributed by atoms with E-state index in [1.54, 1.807) is 17.0 Å². The maximum atomic E-state index is 13.6. The summed E-state index contributed by atoms with van der Waals surface area (Å²) in [5.41, 5.74) is 7.11. The number of rotatable bonds is 6. The van der Waals surface area contributed by atoms with Gasteiger partial charge in [0, 0.05) is 40.3 Å². The highest BCUT2D eigenvalue weighted by atomic mass is 127. The molecule has 5 rings (SSSR count). The van der Waals surface area contributed by atoms with Crippen LogP contribution < -0.4 is 10.5 Å². The number of aromatic nitrogens is 2. The number of nitrogens with one attached hydrogen (secondary N) is 1. The monoisotopic (exact) mass is 589 g/mol. The van der Waals surface area contributed by atoms with Gasteiger partial charge in [-0.25, -0.2) is 0 Å². The minimum atomic E-state index is -2.92. The molecule has 0 spiro atoms. The zero-order valence-corrected chi connectivity index (χ0v) is 20.7. The first-order valence-corrected chi connectivity index (χ1v) is 12.1. The van der Waals surface area contributed by atoms with Crippen LogP contribution in [-0.2, 0) is 10.5 Å². The SMILES string of the molecule is N=C(N)N1CCC[C@H]1c1nc(-c2ccc3cc(OCc4cccc(C(F)(F)I)c4)ccc3c2)no1. The second kappa shape index (κ2) is 9.40. The van der Waals surface area contributed by atoms with E-state index in [0.29, 0.717) is 29.6 Å². The molecule has 3 aromatic carbocycles. The molecule has 3 N–H and O–H groups in total. The van der Waals surface area contributed by atoms with Crippen molar-refractivity contribution in [2.24, 2.45) is 5.73 Å². The Hall–Kier alpha value is -3.28. The first kappa shape index (κ1) is 23.5. The van der Waals surface area contributed by atoms with E-state index in [9.17, 15) is 8.78 Å². The molecule has 1 fully saturated rings. The van der Waals surface area contributed by atoms with Crippen molar-refractivity contribution in [3.05, 3.63) is 77.7 Å². The average Bonchev–Trinajstić information content (AvgIpc) is 3.52. The van der Waals surface area contributed by atoms with Gasteiger partial charge in [-0.1, -0.05) is 41.6 Å². The summed E-state index contributed by atoms with van der Waals surface area (Å²) in [6, 6.07) is 17.6. The maximum Gasteiger partial charge on any atom is 0.321 e. The number of hydrogen-bond donors (Lipinski definition) is 2. The van der Waals surface area contributed by atoms with Crippen LogP contribution in [0.5, 0.6) is 5.75 Å². The standard InChI is InChI=1S/C25H22F2IN5O2/c26-25(27,28)19-4-1-3-15(11-19)14-34-20-9-8-16-12-18(7-6-17(16)13-20)22-31-23(35-32-22)21-5-2-10-33(21)24(29)30/h1,3-4,6-9,11-13,21H,2,5,10,14H2,(H3,29,30)/t21-/m0/s1. The normalized spacial score (nSPS) is 16.1. The predicted molar refractivity (Wildman–Crippen MR) is 137 cm³/mol. The van der Waals surface area contributed by atoms with Crippen LogP contribution in [0.2, 0.25) is 0 Å². The smallest absolute Gasteiger partial charge is 0.321 e. The molecule has 1 atom stereocenters. The Morgan fingerprint density at radius 1 is 1.17 bits per heavy atom. The number of benzene rings is 3. The molecular formula is C25H22F2IN5O2. The minimum absolute atomic E-state index is 0.00614. The number of hydrogen-bond acceptors (Lipinski definition) is 5. The van der Waals surface area contributed by atoms with Gasteiger partial charge in [0.15, 0.2) is 5.96 Å². The quantitative estimate of drug-likeness (QED) is 0.124. The van der Waals surface area contributed by atoms with Gasteiger partial charge in [-0.15, -0.1) is 0 Å². The van der Waals surface area contributed by atoms with Gasteiger partial charge in [0.05, 0.1) is 0 Å². The Bertz CT molecular complexity index is 1390. The third kappa shape index (κ3) is 5.07. The third-order valence-corrected chi connectivity index (χ3v) is 6.64. The Morgan fingerprint density at radius 2 is 1.97 bits per heavy atom. The molecule has 1 aromatic heterocycles. The average molecular weight is 589 g/mol. The Morgan fingerprint density at radius 3 is 2.77 bits per heavy atom. The molecule has 2 heterocycles. The molecule has 1 saturated heterocycles.